The zero-order chi connectivity index (χ0) is 44.9. The molecule has 23 nitrogen and oxygen atoms in total. The van der Waals surface area contributed by atoms with Crippen LogP contribution in [0.5, 0.6) is 0 Å². The number of hydrogen-bond donors (Lipinski definition) is 13. The lowest BCUT2D eigenvalue weighted by molar-refractivity contribution is -0.349. The second-order valence-electron chi connectivity index (χ2n) is 15.5. The van der Waals surface area contributed by atoms with Gasteiger partial charge in [-0.2, -0.15) is 0 Å². The molecule has 3 rings (SSSR count). The van der Waals surface area contributed by atoms with Crippen LogP contribution in [0.3, 0.4) is 0 Å². The Morgan fingerprint density at radius 2 is 1.45 bits per heavy atom. The highest BCUT2D eigenvalue weighted by Crippen LogP contribution is 2.36. The van der Waals surface area contributed by atoms with E-state index in [1.807, 2.05) is 0 Å². The summed E-state index contributed by atoms with van der Waals surface area (Å²) in [7, 11) is 1.54. The van der Waals surface area contributed by atoms with Crippen LogP contribution < -0.4 is 16.0 Å². The molecule has 2 heterocycles. The summed E-state index contributed by atoms with van der Waals surface area (Å²) in [4.78, 5) is 60.3. The van der Waals surface area contributed by atoms with Gasteiger partial charge in [0.25, 0.3) is 5.79 Å². The van der Waals surface area contributed by atoms with E-state index in [1.165, 1.54) is 6.92 Å². The second-order valence-corrected chi connectivity index (χ2v) is 15.5. The molecular formula is C37H63N3O20. The molecule has 0 aromatic rings. The summed E-state index contributed by atoms with van der Waals surface area (Å²) in [5.41, 5.74) is 0. The standard InChI is InChI=1S/C37H63N3O20/c1-17(43)39-26-21(46)13-37(36(54)55,60-34(26)28(49)22(47)15-42)57-16-24-29(50)31(52)32(53)35(58-24)59-33-19(14-41)12-23(27(30(33)51)40-18(2)44)56-11-7-6-9-20(45)8-4-5-10-25(48)38-3/h19,21-24,26-35,41-42,46-47,49-53H,4-16H2,1-3H3,(H,38,48)(H,39,43)(H,40,44)(H,54,55)/t19?,21-,22?,23-,24?,26-,27?,28?,29+,30-,31+,32?,33-,34?,35+,37-/m1/s1. The number of nitrogens with one attached hydrogen (secondary N) is 3. The summed E-state index contributed by atoms with van der Waals surface area (Å²) < 4.78 is 28.8. The minimum Gasteiger partial charge on any atom is -0.477 e. The second kappa shape index (κ2) is 24.0. The highest BCUT2D eigenvalue weighted by atomic mass is 16.7. The largest absolute Gasteiger partial charge is 0.477 e. The molecule has 23 heteroatoms. The monoisotopic (exact) mass is 869 g/mol. The van der Waals surface area contributed by atoms with Gasteiger partial charge in [0.2, 0.25) is 17.7 Å². The number of carbonyl (C=O) groups excluding carboxylic acids is 4. The molecule has 0 spiro atoms. The van der Waals surface area contributed by atoms with Crippen LogP contribution in [0, 0.1) is 5.92 Å². The molecule has 346 valence electrons. The summed E-state index contributed by atoms with van der Waals surface area (Å²) >= 11 is 0. The van der Waals surface area contributed by atoms with Gasteiger partial charge in [-0.15, -0.1) is 0 Å². The van der Waals surface area contributed by atoms with Crippen molar-refractivity contribution in [1.29, 1.82) is 0 Å². The Labute approximate surface area is 346 Å². The van der Waals surface area contributed by atoms with Gasteiger partial charge in [0.15, 0.2) is 6.29 Å². The van der Waals surface area contributed by atoms with E-state index in [0.717, 1.165) is 6.92 Å². The van der Waals surface area contributed by atoms with Crippen molar-refractivity contribution in [3.8, 4) is 0 Å². The summed E-state index contributed by atoms with van der Waals surface area (Å²) in [5, 5.41) is 113. The molecule has 0 aromatic carbocycles. The van der Waals surface area contributed by atoms with Crippen LogP contribution in [0.25, 0.3) is 0 Å². The Morgan fingerprint density at radius 3 is 2.03 bits per heavy atom. The first-order valence-electron chi connectivity index (χ1n) is 20.0. The summed E-state index contributed by atoms with van der Waals surface area (Å²) in [6.07, 6.45) is -18.9. The predicted octanol–water partition coefficient (Wildman–Crippen LogP) is -5.35. The Morgan fingerprint density at radius 1 is 0.833 bits per heavy atom. The van der Waals surface area contributed by atoms with Gasteiger partial charge in [0.1, 0.15) is 54.6 Å². The zero-order valence-electron chi connectivity index (χ0n) is 33.9. The van der Waals surface area contributed by atoms with Crippen LogP contribution in [0.4, 0.5) is 0 Å². The molecule has 3 amide bonds. The van der Waals surface area contributed by atoms with Crippen molar-refractivity contribution in [2.45, 2.75) is 163 Å². The minimum atomic E-state index is -2.85. The lowest BCUT2D eigenvalue weighted by Crippen LogP contribution is -2.68. The smallest absolute Gasteiger partial charge is 0.364 e. The maximum Gasteiger partial charge on any atom is 0.364 e. The van der Waals surface area contributed by atoms with Crippen LogP contribution in [-0.4, -0.2) is 205 Å². The number of carbonyl (C=O) groups is 5. The predicted molar refractivity (Wildman–Crippen MR) is 200 cm³/mol. The van der Waals surface area contributed by atoms with E-state index >= 15 is 0 Å². The number of amides is 3. The van der Waals surface area contributed by atoms with E-state index in [9.17, 15) is 75.0 Å². The van der Waals surface area contributed by atoms with Gasteiger partial charge in [-0.25, -0.2) is 4.79 Å². The first-order valence-corrected chi connectivity index (χ1v) is 20.0. The summed E-state index contributed by atoms with van der Waals surface area (Å²) in [5.74, 6) is -6.95. The van der Waals surface area contributed by atoms with Gasteiger partial charge in [-0.05, 0) is 32.1 Å². The average molecular weight is 870 g/mol. The number of aliphatic carboxylic acids is 1. The SMILES string of the molecule is CNC(=O)CCCCC(=O)CCCCO[C@@H]1CC(CO)[C@@H](O[C@@H]2OC(CO[C@]3(C(=O)O)C[C@@H](O)[C@@H](NC(C)=O)C(C(O)C(O)CO)O3)[C@H](O)[C@H](O)C2O)[C@H](O)C1NC(C)=O. The molecule has 0 bridgehead atoms. The first kappa shape index (κ1) is 51.3. The number of aliphatic hydroxyl groups is 9. The van der Waals surface area contributed by atoms with Crippen molar-refractivity contribution >= 4 is 29.5 Å². The molecule has 16 atom stereocenters. The van der Waals surface area contributed by atoms with Crippen molar-refractivity contribution < 1.29 is 98.7 Å². The van der Waals surface area contributed by atoms with E-state index in [4.69, 9.17) is 23.7 Å². The third kappa shape index (κ3) is 13.7. The van der Waals surface area contributed by atoms with E-state index in [1.54, 1.807) is 7.05 Å². The molecule has 3 aliphatic rings. The van der Waals surface area contributed by atoms with Gasteiger partial charge in [-0.1, -0.05) is 0 Å². The number of hydrogen-bond acceptors (Lipinski definition) is 19. The fourth-order valence-electron chi connectivity index (χ4n) is 7.57. The number of aliphatic hydroxyl groups excluding tert-OH is 9. The fourth-order valence-corrected chi connectivity index (χ4v) is 7.57. The van der Waals surface area contributed by atoms with Gasteiger partial charge in [-0.3, -0.25) is 19.2 Å². The van der Waals surface area contributed by atoms with E-state index < -0.39 is 141 Å². The zero-order valence-corrected chi connectivity index (χ0v) is 33.9. The number of unbranched alkanes of at least 4 members (excludes halogenated alkanes) is 2. The van der Waals surface area contributed by atoms with Crippen molar-refractivity contribution in [3.63, 3.8) is 0 Å². The van der Waals surface area contributed by atoms with Gasteiger partial charge >= 0.3 is 5.97 Å². The number of carboxylic acids is 1. The first-order chi connectivity index (χ1) is 28.3. The Hall–Kier alpha value is -3.01. The highest BCUT2D eigenvalue weighted by Gasteiger charge is 2.57. The van der Waals surface area contributed by atoms with Crippen LogP contribution in [0.2, 0.25) is 0 Å². The Balaban J connectivity index is 1.70. The molecule has 3 fully saturated rings. The number of Topliss-reactive ketones (excluding diaryl/α,β-unsaturated/α-hetero) is 1. The Kier molecular flexibility index (Phi) is 20.5. The van der Waals surface area contributed by atoms with Crippen molar-refractivity contribution in [2.75, 3.05) is 33.5 Å². The maximum absolute atomic E-state index is 12.6. The summed E-state index contributed by atoms with van der Waals surface area (Å²) in [6, 6.07) is -2.61. The Bertz CT molecular complexity index is 1410. The van der Waals surface area contributed by atoms with E-state index in [2.05, 4.69) is 16.0 Å². The topological polar surface area (TPSA) is 370 Å². The van der Waals surface area contributed by atoms with Crippen molar-refractivity contribution in [1.82, 2.24) is 16.0 Å². The average Bonchev–Trinajstić information content (AvgIpc) is 3.20. The van der Waals surface area contributed by atoms with Crippen molar-refractivity contribution in [3.05, 3.63) is 0 Å². The number of ketones is 1. The van der Waals surface area contributed by atoms with Gasteiger partial charge in [0, 0.05) is 65.7 Å². The van der Waals surface area contributed by atoms with Crippen LogP contribution in [0.1, 0.15) is 71.6 Å². The minimum absolute atomic E-state index is 0.00620. The van der Waals surface area contributed by atoms with Crippen LogP contribution >= 0.6 is 0 Å². The molecule has 0 aromatic heterocycles. The summed E-state index contributed by atoms with van der Waals surface area (Å²) in [6.45, 7) is -0.177. The lowest BCUT2D eigenvalue weighted by Gasteiger charge is -2.48. The molecular weight excluding hydrogens is 806 g/mol. The molecule has 1 aliphatic carbocycles. The lowest BCUT2D eigenvalue weighted by atomic mass is 9.79. The van der Waals surface area contributed by atoms with Gasteiger partial charge in [0.05, 0.1) is 43.6 Å². The van der Waals surface area contributed by atoms with E-state index in [-0.39, 0.29) is 24.7 Å². The number of ether oxygens (including phenoxy) is 5. The molecule has 13 N–H and O–H groups in total. The quantitative estimate of drug-likeness (QED) is 0.0426. The van der Waals surface area contributed by atoms with Crippen LogP contribution in [-0.2, 0) is 47.7 Å². The molecule has 7 unspecified atom stereocenters. The molecule has 2 aliphatic heterocycles. The molecule has 60 heavy (non-hydrogen) atoms. The molecule has 2 saturated heterocycles. The third-order valence-corrected chi connectivity index (χ3v) is 10.9. The number of rotatable bonds is 23. The maximum atomic E-state index is 12.6. The van der Waals surface area contributed by atoms with Crippen molar-refractivity contribution in [2.24, 2.45) is 5.92 Å². The normalized spacial score (nSPS) is 35.5. The highest BCUT2D eigenvalue weighted by molar-refractivity contribution is 5.79. The molecule has 0 radical (unpaired) electrons. The number of carboxylic acid groups (broad SMARTS) is 1. The molecule has 1 saturated carbocycles. The fraction of sp³-hybridized carbons (Fsp3) is 0.865. The van der Waals surface area contributed by atoms with Gasteiger partial charge < -0.3 is 90.7 Å². The van der Waals surface area contributed by atoms with E-state index in [0.29, 0.717) is 44.9 Å². The van der Waals surface area contributed by atoms with Crippen LogP contribution in [0.15, 0.2) is 0 Å². The third-order valence-electron chi connectivity index (χ3n) is 10.9.